The number of hydrogen-bond donors (Lipinski definition) is 1. The number of carbonyl (C=O) groups excluding carboxylic acids is 2. The van der Waals surface area contributed by atoms with E-state index in [1.807, 2.05) is 42.2 Å². The maximum absolute atomic E-state index is 12.1. The van der Waals surface area contributed by atoms with Crippen LogP contribution in [0.5, 0.6) is 0 Å². The van der Waals surface area contributed by atoms with E-state index in [0.717, 1.165) is 18.4 Å². The van der Waals surface area contributed by atoms with Crippen molar-refractivity contribution >= 4 is 17.9 Å². The molecule has 1 aromatic carbocycles. The summed E-state index contributed by atoms with van der Waals surface area (Å²) < 4.78 is 0. The number of aryl methyl sites for hydroxylation is 1. The summed E-state index contributed by atoms with van der Waals surface area (Å²) in [6, 6.07) is 8.04. The average Bonchev–Trinajstić information content (AvgIpc) is 2.45. The zero-order valence-corrected chi connectivity index (χ0v) is 12.4. The Bertz CT molecular complexity index is 543. The highest BCUT2D eigenvalue weighted by atomic mass is 16.2. The first-order valence-electron chi connectivity index (χ1n) is 7.36. The molecule has 0 unspecified atom stereocenters. The molecule has 112 valence electrons. The van der Waals surface area contributed by atoms with Gasteiger partial charge in [0.15, 0.2) is 0 Å². The molecule has 0 radical (unpaired) electrons. The van der Waals surface area contributed by atoms with Gasteiger partial charge in [-0.1, -0.05) is 29.8 Å². The summed E-state index contributed by atoms with van der Waals surface area (Å²) in [5, 5.41) is 0. The van der Waals surface area contributed by atoms with Gasteiger partial charge in [0, 0.05) is 25.6 Å². The molecule has 21 heavy (non-hydrogen) atoms. The summed E-state index contributed by atoms with van der Waals surface area (Å²) in [4.78, 5) is 24.9. The lowest BCUT2D eigenvalue weighted by Gasteiger charge is -2.30. The maximum atomic E-state index is 12.1. The van der Waals surface area contributed by atoms with Crippen LogP contribution in [0.1, 0.15) is 30.4 Å². The molecule has 2 N–H and O–H groups in total. The second kappa shape index (κ2) is 7.07. The van der Waals surface area contributed by atoms with Gasteiger partial charge in [-0.25, -0.2) is 0 Å². The fraction of sp³-hybridized carbons (Fsp3) is 0.412. The van der Waals surface area contributed by atoms with Crippen molar-refractivity contribution in [3.8, 4) is 0 Å². The minimum atomic E-state index is -0.251. The van der Waals surface area contributed by atoms with Gasteiger partial charge in [0.1, 0.15) is 0 Å². The molecule has 0 saturated carbocycles. The summed E-state index contributed by atoms with van der Waals surface area (Å²) >= 11 is 0. The van der Waals surface area contributed by atoms with Crippen LogP contribution in [-0.4, -0.2) is 29.8 Å². The standard InChI is InChI=1S/C17H22N2O2/c1-13-3-2-4-14(11-13)5-6-17(21)19-9-7-15(8-10-19)12-16(18)20/h2-6,11,15H,7-10,12H2,1H3,(H2,18,20)/b6-5-. The highest BCUT2D eigenvalue weighted by Gasteiger charge is 2.22. The second-order valence-electron chi connectivity index (χ2n) is 5.69. The van der Waals surface area contributed by atoms with E-state index in [2.05, 4.69) is 0 Å². The van der Waals surface area contributed by atoms with E-state index >= 15 is 0 Å². The van der Waals surface area contributed by atoms with Crippen LogP contribution in [-0.2, 0) is 9.59 Å². The van der Waals surface area contributed by atoms with Gasteiger partial charge in [0.05, 0.1) is 0 Å². The zero-order chi connectivity index (χ0) is 15.2. The molecule has 2 amide bonds. The van der Waals surface area contributed by atoms with E-state index in [1.54, 1.807) is 6.08 Å². The van der Waals surface area contributed by atoms with Crippen molar-refractivity contribution < 1.29 is 9.59 Å². The Morgan fingerprint density at radius 2 is 2.05 bits per heavy atom. The number of piperidine rings is 1. The van der Waals surface area contributed by atoms with E-state index in [0.29, 0.717) is 25.4 Å². The lowest BCUT2D eigenvalue weighted by molar-refractivity contribution is -0.127. The number of rotatable bonds is 4. The van der Waals surface area contributed by atoms with Gasteiger partial charge in [-0.2, -0.15) is 0 Å². The zero-order valence-electron chi connectivity index (χ0n) is 12.4. The normalized spacial score (nSPS) is 16.3. The summed E-state index contributed by atoms with van der Waals surface area (Å²) in [6.07, 6.45) is 5.62. The van der Waals surface area contributed by atoms with Crippen molar-refractivity contribution in [2.45, 2.75) is 26.2 Å². The lowest BCUT2D eigenvalue weighted by atomic mass is 9.93. The van der Waals surface area contributed by atoms with E-state index in [4.69, 9.17) is 5.73 Å². The van der Waals surface area contributed by atoms with Gasteiger partial charge in [0.2, 0.25) is 11.8 Å². The molecule has 0 atom stereocenters. The SMILES string of the molecule is Cc1cccc(/C=C\C(=O)N2CCC(CC(N)=O)CC2)c1. The number of nitrogens with two attached hydrogens (primary N) is 1. The van der Waals surface area contributed by atoms with Gasteiger partial charge in [-0.3, -0.25) is 9.59 Å². The van der Waals surface area contributed by atoms with Crippen molar-refractivity contribution in [2.24, 2.45) is 11.7 Å². The molecule has 0 spiro atoms. The number of carbonyl (C=O) groups is 2. The Kier molecular flexibility index (Phi) is 5.14. The fourth-order valence-electron chi connectivity index (χ4n) is 2.69. The first-order valence-corrected chi connectivity index (χ1v) is 7.36. The molecule has 0 aromatic heterocycles. The highest BCUT2D eigenvalue weighted by Crippen LogP contribution is 2.20. The molecule has 1 fully saturated rings. The average molecular weight is 286 g/mol. The van der Waals surface area contributed by atoms with E-state index in [1.165, 1.54) is 5.56 Å². The third-order valence-corrected chi connectivity index (χ3v) is 3.88. The smallest absolute Gasteiger partial charge is 0.246 e. The van der Waals surface area contributed by atoms with Gasteiger partial charge in [-0.05, 0) is 37.3 Å². The topological polar surface area (TPSA) is 63.4 Å². The highest BCUT2D eigenvalue weighted by molar-refractivity contribution is 5.91. The van der Waals surface area contributed by atoms with Crippen LogP contribution in [0.2, 0.25) is 0 Å². The molecular formula is C17H22N2O2. The third kappa shape index (κ3) is 4.74. The predicted octanol–water partition coefficient (Wildman–Crippen LogP) is 2.12. The first kappa shape index (κ1) is 15.3. The van der Waals surface area contributed by atoms with E-state index in [-0.39, 0.29) is 11.8 Å². The maximum Gasteiger partial charge on any atom is 0.246 e. The fourth-order valence-corrected chi connectivity index (χ4v) is 2.69. The molecule has 1 heterocycles. The molecule has 4 heteroatoms. The number of amides is 2. The number of nitrogens with zero attached hydrogens (tertiary/aromatic N) is 1. The quantitative estimate of drug-likeness (QED) is 0.862. The van der Waals surface area contributed by atoms with Gasteiger partial charge < -0.3 is 10.6 Å². The molecular weight excluding hydrogens is 264 g/mol. The Morgan fingerprint density at radius 3 is 2.67 bits per heavy atom. The summed E-state index contributed by atoms with van der Waals surface area (Å²) in [5.41, 5.74) is 7.42. The predicted molar refractivity (Wildman–Crippen MR) is 83.3 cm³/mol. The van der Waals surface area contributed by atoms with Gasteiger partial charge in [0.25, 0.3) is 0 Å². The van der Waals surface area contributed by atoms with Crippen LogP contribution in [0, 0.1) is 12.8 Å². The minimum absolute atomic E-state index is 0.0361. The Morgan fingerprint density at radius 1 is 1.33 bits per heavy atom. The van der Waals surface area contributed by atoms with Crippen molar-refractivity contribution in [1.82, 2.24) is 4.90 Å². The summed E-state index contributed by atoms with van der Waals surface area (Å²) in [5.74, 6) is 0.112. The number of primary amides is 1. The van der Waals surface area contributed by atoms with Crippen molar-refractivity contribution in [3.05, 3.63) is 41.5 Å². The van der Waals surface area contributed by atoms with Crippen LogP contribution in [0.25, 0.3) is 6.08 Å². The molecule has 1 aliphatic heterocycles. The Labute approximate surface area is 125 Å². The molecule has 1 aromatic rings. The minimum Gasteiger partial charge on any atom is -0.370 e. The summed E-state index contributed by atoms with van der Waals surface area (Å²) in [6.45, 7) is 3.44. The van der Waals surface area contributed by atoms with E-state index in [9.17, 15) is 9.59 Å². The number of hydrogen-bond acceptors (Lipinski definition) is 2. The number of benzene rings is 1. The molecule has 1 aliphatic rings. The third-order valence-electron chi connectivity index (χ3n) is 3.88. The Hall–Kier alpha value is -2.10. The largest absolute Gasteiger partial charge is 0.370 e. The summed E-state index contributed by atoms with van der Waals surface area (Å²) in [7, 11) is 0. The van der Waals surface area contributed by atoms with Crippen LogP contribution >= 0.6 is 0 Å². The molecule has 1 saturated heterocycles. The second-order valence-corrected chi connectivity index (χ2v) is 5.69. The van der Waals surface area contributed by atoms with Crippen LogP contribution in [0.4, 0.5) is 0 Å². The number of likely N-dealkylation sites (tertiary alicyclic amines) is 1. The van der Waals surface area contributed by atoms with Crippen LogP contribution in [0.3, 0.4) is 0 Å². The first-order chi connectivity index (χ1) is 10.0. The van der Waals surface area contributed by atoms with Crippen molar-refractivity contribution in [3.63, 3.8) is 0 Å². The van der Waals surface area contributed by atoms with Crippen LogP contribution in [0.15, 0.2) is 30.3 Å². The molecule has 4 nitrogen and oxygen atoms in total. The Balaban J connectivity index is 1.86. The molecule has 2 rings (SSSR count). The van der Waals surface area contributed by atoms with E-state index < -0.39 is 0 Å². The van der Waals surface area contributed by atoms with Crippen molar-refractivity contribution in [1.29, 1.82) is 0 Å². The van der Waals surface area contributed by atoms with Crippen molar-refractivity contribution in [2.75, 3.05) is 13.1 Å². The molecule has 0 aliphatic carbocycles. The molecule has 0 bridgehead atoms. The lowest BCUT2D eigenvalue weighted by Crippen LogP contribution is -2.38. The van der Waals surface area contributed by atoms with Gasteiger partial charge in [-0.15, -0.1) is 0 Å². The monoisotopic (exact) mass is 286 g/mol. The van der Waals surface area contributed by atoms with Crippen LogP contribution < -0.4 is 5.73 Å². The van der Waals surface area contributed by atoms with Gasteiger partial charge >= 0.3 is 0 Å².